The summed E-state index contributed by atoms with van der Waals surface area (Å²) in [6.07, 6.45) is -2.79. The fourth-order valence-corrected chi connectivity index (χ4v) is 5.15. The lowest BCUT2D eigenvalue weighted by molar-refractivity contribution is -0.117. The highest BCUT2D eigenvalue weighted by molar-refractivity contribution is 6.53. The van der Waals surface area contributed by atoms with Crippen molar-refractivity contribution in [2.75, 3.05) is 16.4 Å². The molecule has 1 saturated carbocycles. The molecule has 1 aliphatic rings. The molecule has 0 aliphatic heterocycles. The molecule has 0 saturated heterocycles. The third-order valence-corrected chi connectivity index (χ3v) is 7.23. The van der Waals surface area contributed by atoms with Crippen molar-refractivity contribution in [1.82, 2.24) is 0 Å². The number of nitrogens with two attached hydrogens (primary N) is 1. The van der Waals surface area contributed by atoms with Crippen LogP contribution in [0.2, 0.25) is 10.0 Å². The number of halogens is 8. The third kappa shape index (κ3) is 5.45. The Morgan fingerprint density at radius 2 is 1.68 bits per heavy atom. The number of hydrogen-bond acceptors (Lipinski definition) is 3. The second kappa shape index (κ2) is 10.2. The molecule has 3 aromatic rings. The van der Waals surface area contributed by atoms with E-state index in [0.717, 1.165) is 18.2 Å². The van der Waals surface area contributed by atoms with Crippen LogP contribution in [0.1, 0.15) is 33.8 Å². The average molecular weight is 595 g/mol. The zero-order valence-electron chi connectivity index (χ0n) is 18.3. The highest BCUT2D eigenvalue weighted by Gasteiger charge is 2.67. The summed E-state index contributed by atoms with van der Waals surface area (Å²) >= 11 is 24.7. The first kappa shape index (κ1) is 27.3. The molecule has 3 aromatic carbocycles. The van der Waals surface area contributed by atoms with Crippen LogP contribution in [0.3, 0.4) is 0 Å². The topological polar surface area (TPSA) is 84.2 Å². The van der Waals surface area contributed by atoms with Crippen molar-refractivity contribution in [3.8, 4) is 0 Å². The summed E-state index contributed by atoms with van der Waals surface area (Å²) in [6.45, 7) is 0. The van der Waals surface area contributed by atoms with Gasteiger partial charge in [-0.25, -0.2) is 17.6 Å². The summed E-state index contributed by atoms with van der Waals surface area (Å²) < 4.78 is 52.4. The number of anilines is 3. The van der Waals surface area contributed by atoms with E-state index in [0.29, 0.717) is 0 Å². The van der Waals surface area contributed by atoms with Crippen molar-refractivity contribution < 1.29 is 27.2 Å². The molecule has 0 unspecified atom stereocenters. The minimum Gasteiger partial charge on any atom is -0.394 e. The SMILES string of the molecule is Nc1c(F)ccc(NC(=O)c2cc(NC(=O)[C@H]3[C@H](c4cc(Cl)cc(C(F)F)c4)C3(Cl)Cl)ccc2Cl)c1F. The average Bonchev–Trinajstić information content (AvgIpc) is 3.42. The molecule has 4 rings (SSSR count). The van der Waals surface area contributed by atoms with Gasteiger partial charge in [0.05, 0.1) is 22.2 Å². The van der Waals surface area contributed by atoms with E-state index in [9.17, 15) is 27.2 Å². The van der Waals surface area contributed by atoms with Gasteiger partial charge in [0, 0.05) is 22.2 Å². The summed E-state index contributed by atoms with van der Waals surface area (Å²) in [5.41, 5.74) is 4.06. The molecule has 2 amide bonds. The van der Waals surface area contributed by atoms with Crippen LogP contribution in [0.4, 0.5) is 34.6 Å². The molecule has 0 radical (unpaired) electrons. The lowest BCUT2D eigenvalue weighted by Crippen LogP contribution is -2.18. The van der Waals surface area contributed by atoms with Crippen LogP contribution in [-0.2, 0) is 4.79 Å². The van der Waals surface area contributed by atoms with Crippen molar-refractivity contribution in [3.63, 3.8) is 0 Å². The van der Waals surface area contributed by atoms with E-state index in [1.165, 1.54) is 30.3 Å². The molecule has 37 heavy (non-hydrogen) atoms. The first-order chi connectivity index (χ1) is 17.3. The number of carbonyl (C=O) groups is 2. The Morgan fingerprint density at radius 1 is 0.973 bits per heavy atom. The Labute approximate surface area is 227 Å². The van der Waals surface area contributed by atoms with Crippen molar-refractivity contribution in [1.29, 1.82) is 0 Å². The molecular formula is C24H15Cl4F4N3O2. The van der Waals surface area contributed by atoms with Crippen LogP contribution in [0, 0.1) is 17.6 Å². The van der Waals surface area contributed by atoms with Gasteiger partial charge in [0.25, 0.3) is 12.3 Å². The van der Waals surface area contributed by atoms with Gasteiger partial charge in [-0.15, -0.1) is 23.2 Å². The summed E-state index contributed by atoms with van der Waals surface area (Å²) in [4.78, 5) is 25.7. The van der Waals surface area contributed by atoms with Crippen LogP contribution in [0.25, 0.3) is 0 Å². The van der Waals surface area contributed by atoms with Gasteiger partial charge >= 0.3 is 0 Å². The molecule has 0 heterocycles. The van der Waals surface area contributed by atoms with E-state index in [2.05, 4.69) is 10.6 Å². The highest BCUT2D eigenvalue weighted by atomic mass is 35.5. The standard InChI is InChI=1S/C24H15Cl4F4N3O2/c25-11-6-9(5-10(7-11)21(31)32)17-18(24(17,27)28)23(37)34-12-1-2-14(26)13(8-12)22(36)35-16-4-3-15(29)20(33)19(16)30/h1-8,17-18,21H,33H2,(H,34,37)(H,35,36)/t17-,18+/m0/s1. The number of alkyl halides is 4. The summed E-state index contributed by atoms with van der Waals surface area (Å²) in [5, 5.41) is 4.80. The van der Waals surface area contributed by atoms with Crippen LogP contribution in [0.15, 0.2) is 48.5 Å². The van der Waals surface area contributed by atoms with Crippen LogP contribution >= 0.6 is 46.4 Å². The predicted molar refractivity (Wildman–Crippen MR) is 136 cm³/mol. The minimum atomic E-state index is -2.79. The van der Waals surface area contributed by atoms with E-state index in [4.69, 9.17) is 52.1 Å². The largest absolute Gasteiger partial charge is 0.394 e. The lowest BCUT2D eigenvalue weighted by Gasteiger charge is -2.11. The molecule has 0 spiro atoms. The molecule has 13 heteroatoms. The van der Waals surface area contributed by atoms with Crippen molar-refractivity contribution in [2.45, 2.75) is 16.7 Å². The van der Waals surface area contributed by atoms with E-state index in [-0.39, 0.29) is 38.1 Å². The van der Waals surface area contributed by atoms with E-state index in [1.807, 2.05) is 0 Å². The van der Waals surface area contributed by atoms with E-state index >= 15 is 0 Å². The van der Waals surface area contributed by atoms with Crippen LogP contribution in [-0.4, -0.2) is 16.1 Å². The molecule has 0 aromatic heterocycles. The summed E-state index contributed by atoms with van der Waals surface area (Å²) in [7, 11) is 0. The van der Waals surface area contributed by atoms with Gasteiger partial charge < -0.3 is 16.4 Å². The number of carbonyl (C=O) groups excluding carboxylic acids is 2. The van der Waals surface area contributed by atoms with Gasteiger partial charge in [-0.05, 0) is 54.1 Å². The Morgan fingerprint density at radius 3 is 2.35 bits per heavy atom. The second-order valence-corrected chi connectivity index (χ2v) is 10.5. The first-order valence-electron chi connectivity index (χ1n) is 10.4. The van der Waals surface area contributed by atoms with Gasteiger partial charge in [-0.1, -0.05) is 23.2 Å². The fourth-order valence-electron chi connectivity index (χ4n) is 3.86. The van der Waals surface area contributed by atoms with Gasteiger partial charge in [0.2, 0.25) is 5.91 Å². The molecule has 1 aliphatic carbocycles. The predicted octanol–water partition coefficient (Wildman–Crippen LogP) is 7.57. The maximum Gasteiger partial charge on any atom is 0.263 e. The Hall–Kier alpha value is -2.72. The zero-order valence-corrected chi connectivity index (χ0v) is 21.3. The Bertz CT molecular complexity index is 1420. The van der Waals surface area contributed by atoms with Crippen molar-refractivity contribution in [3.05, 3.63) is 86.9 Å². The summed E-state index contributed by atoms with van der Waals surface area (Å²) in [5.74, 6) is -5.52. The monoisotopic (exact) mass is 593 g/mol. The van der Waals surface area contributed by atoms with Crippen LogP contribution < -0.4 is 16.4 Å². The number of nitrogen functional groups attached to an aromatic ring is 1. The molecular weight excluding hydrogens is 580 g/mol. The van der Waals surface area contributed by atoms with Gasteiger partial charge in [-0.2, -0.15) is 0 Å². The maximum atomic E-state index is 14.2. The molecule has 0 bridgehead atoms. The number of rotatable bonds is 6. The van der Waals surface area contributed by atoms with E-state index < -0.39 is 51.7 Å². The maximum absolute atomic E-state index is 14.2. The van der Waals surface area contributed by atoms with Gasteiger partial charge in [-0.3, -0.25) is 9.59 Å². The molecule has 4 N–H and O–H groups in total. The molecule has 1 fully saturated rings. The number of hydrogen-bond donors (Lipinski definition) is 3. The Kier molecular flexibility index (Phi) is 7.54. The quantitative estimate of drug-likeness (QED) is 0.156. The number of benzene rings is 3. The second-order valence-electron chi connectivity index (χ2n) is 8.21. The van der Waals surface area contributed by atoms with Crippen molar-refractivity contribution in [2.24, 2.45) is 5.92 Å². The Balaban J connectivity index is 1.53. The van der Waals surface area contributed by atoms with Crippen LogP contribution in [0.5, 0.6) is 0 Å². The number of nitrogens with one attached hydrogen (secondary N) is 2. The highest BCUT2D eigenvalue weighted by Crippen LogP contribution is 2.65. The lowest BCUT2D eigenvalue weighted by atomic mass is 10.1. The smallest absolute Gasteiger partial charge is 0.263 e. The normalized spacial score (nSPS) is 18.0. The first-order valence-corrected chi connectivity index (χ1v) is 11.9. The molecule has 2 atom stereocenters. The van der Waals surface area contributed by atoms with E-state index in [1.54, 1.807) is 0 Å². The zero-order chi connectivity index (χ0) is 27.2. The molecule has 194 valence electrons. The van der Waals surface area contributed by atoms with Gasteiger partial charge in [0.15, 0.2) is 5.82 Å². The number of amides is 2. The molecule has 5 nitrogen and oxygen atoms in total. The van der Waals surface area contributed by atoms with Crippen molar-refractivity contribution >= 4 is 75.3 Å². The minimum absolute atomic E-state index is 0.0298. The third-order valence-electron chi connectivity index (χ3n) is 5.74. The summed E-state index contributed by atoms with van der Waals surface area (Å²) in [6, 6.07) is 9.47. The fraction of sp³-hybridized carbons (Fsp3) is 0.167. The van der Waals surface area contributed by atoms with Gasteiger partial charge in [0.1, 0.15) is 15.8 Å².